The summed E-state index contributed by atoms with van der Waals surface area (Å²) in [6.07, 6.45) is 0.333. The molecule has 0 fully saturated rings. The van der Waals surface area contributed by atoms with E-state index >= 15 is 0 Å². The van der Waals surface area contributed by atoms with E-state index in [-0.39, 0.29) is 18.9 Å². The molecule has 96 valence electrons. The molecule has 1 amide bonds. The zero-order chi connectivity index (χ0) is 13.4. The van der Waals surface area contributed by atoms with Gasteiger partial charge in [0.15, 0.2) is 5.96 Å². The van der Waals surface area contributed by atoms with Gasteiger partial charge in [0.2, 0.25) is 0 Å². The minimum absolute atomic E-state index is 0.0329. The SMILES string of the molecule is NC(N)=NCCC[C@H](NC(=O)C(=O)O)C(=O)O. The lowest BCUT2D eigenvalue weighted by molar-refractivity contribution is -0.152. The van der Waals surface area contributed by atoms with Crippen molar-refractivity contribution in [2.45, 2.75) is 18.9 Å². The monoisotopic (exact) mass is 246 g/mol. The van der Waals surface area contributed by atoms with Crippen molar-refractivity contribution in [1.82, 2.24) is 5.32 Å². The first-order valence-corrected chi connectivity index (χ1v) is 4.66. The lowest BCUT2D eigenvalue weighted by atomic mass is 10.1. The summed E-state index contributed by atoms with van der Waals surface area (Å²) >= 11 is 0. The summed E-state index contributed by atoms with van der Waals surface area (Å²) in [7, 11) is 0. The average molecular weight is 246 g/mol. The van der Waals surface area contributed by atoms with Gasteiger partial charge in [0.05, 0.1) is 0 Å². The van der Waals surface area contributed by atoms with Gasteiger partial charge in [0, 0.05) is 6.54 Å². The van der Waals surface area contributed by atoms with Crippen LogP contribution in [0.5, 0.6) is 0 Å². The Balaban J connectivity index is 4.17. The fourth-order valence-corrected chi connectivity index (χ4v) is 0.981. The third-order valence-electron chi connectivity index (χ3n) is 1.74. The number of hydrogen-bond acceptors (Lipinski definition) is 4. The highest BCUT2D eigenvalue weighted by atomic mass is 16.4. The zero-order valence-corrected chi connectivity index (χ0v) is 8.92. The number of carbonyl (C=O) groups excluding carboxylic acids is 1. The molecule has 0 bridgehead atoms. The minimum atomic E-state index is -1.74. The van der Waals surface area contributed by atoms with Crippen LogP contribution < -0.4 is 16.8 Å². The maximum atomic E-state index is 10.8. The van der Waals surface area contributed by atoms with Crippen molar-refractivity contribution >= 4 is 23.8 Å². The number of aliphatic imine (C=N–C) groups is 1. The Morgan fingerprint density at radius 3 is 2.24 bits per heavy atom. The van der Waals surface area contributed by atoms with E-state index < -0.39 is 23.9 Å². The van der Waals surface area contributed by atoms with Crippen molar-refractivity contribution in [3.63, 3.8) is 0 Å². The maximum absolute atomic E-state index is 10.8. The summed E-state index contributed by atoms with van der Waals surface area (Å²) in [6, 6.07) is -1.27. The minimum Gasteiger partial charge on any atom is -0.480 e. The Morgan fingerprint density at radius 1 is 1.24 bits per heavy atom. The normalized spacial score (nSPS) is 11.3. The lowest BCUT2D eigenvalue weighted by Gasteiger charge is -2.11. The summed E-state index contributed by atoms with van der Waals surface area (Å²) in [5, 5.41) is 18.9. The second kappa shape index (κ2) is 7.04. The quantitative estimate of drug-likeness (QED) is 0.152. The predicted molar refractivity (Wildman–Crippen MR) is 57.1 cm³/mol. The molecule has 0 saturated carbocycles. The number of amides is 1. The van der Waals surface area contributed by atoms with Gasteiger partial charge in [-0.25, -0.2) is 9.59 Å². The first kappa shape index (κ1) is 14.7. The molecule has 0 aliphatic heterocycles. The maximum Gasteiger partial charge on any atom is 0.394 e. The molecule has 0 aromatic heterocycles. The zero-order valence-electron chi connectivity index (χ0n) is 8.92. The Bertz CT molecular complexity index is 337. The number of nitrogens with zero attached hydrogens (tertiary/aromatic N) is 1. The van der Waals surface area contributed by atoms with Gasteiger partial charge in [-0.05, 0) is 12.8 Å². The van der Waals surface area contributed by atoms with E-state index in [2.05, 4.69) is 4.99 Å². The molecular formula is C8H14N4O5. The molecule has 0 rings (SSSR count). The molecule has 0 spiro atoms. The summed E-state index contributed by atoms with van der Waals surface area (Å²) < 4.78 is 0. The molecule has 0 heterocycles. The fourth-order valence-electron chi connectivity index (χ4n) is 0.981. The molecule has 0 radical (unpaired) electrons. The van der Waals surface area contributed by atoms with Crippen LogP contribution in [0.1, 0.15) is 12.8 Å². The molecule has 0 aromatic rings. The van der Waals surface area contributed by atoms with E-state index in [1.54, 1.807) is 0 Å². The molecule has 9 heteroatoms. The number of carboxylic acids is 2. The van der Waals surface area contributed by atoms with E-state index in [1.807, 2.05) is 5.32 Å². The standard InChI is InChI=1S/C8H14N4O5/c9-8(10)11-3-1-2-4(6(14)15)12-5(13)7(16)17/h4H,1-3H2,(H,12,13)(H,14,15)(H,16,17)(H4,9,10,11)/t4-/m0/s1. The van der Waals surface area contributed by atoms with Crippen LogP contribution in [0.2, 0.25) is 0 Å². The van der Waals surface area contributed by atoms with Crippen molar-refractivity contribution in [2.24, 2.45) is 16.5 Å². The van der Waals surface area contributed by atoms with Crippen LogP contribution in [-0.2, 0) is 14.4 Å². The summed E-state index contributed by atoms with van der Waals surface area (Å²) in [4.78, 5) is 35.3. The number of hydrogen-bond donors (Lipinski definition) is 5. The van der Waals surface area contributed by atoms with Crippen molar-refractivity contribution in [2.75, 3.05) is 6.54 Å². The molecule has 0 aliphatic carbocycles. The van der Waals surface area contributed by atoms with Gasteiger partial charge < -0.3 is 27.0 Å². The third-order valence-corrected chi connectivity index (χ3v) is 1.74. The highest BCUT2D eigenvalue weighted by Gasteiger charge is 2.22. The third kappa shape index (κ3) is 6.71. The number of nitrogens with two attached hydrogens (primary N) is 2. The first-order valence-electron chi connectivity index (χ1n) is 4.66. The average Bonchev–Trinajstić information content (AvgIpc) is 2.21. The fraction of sp³-hybridized carbons (Fsp3) is 0.500. The van der Waals surface area contributed by atoms with E-state index in [0.29, 0.717) is 6.42 Å². The molecule has 0 aliphatic rings. The summed E-state index contributed by atoms with van der Waals surface area (Å²) in [6.45, 7) is 0.203. The van der Waals surface area contributed by atoms with E-state index in [1.165, 1.54) is 0 Å². The first-order chi connectivity index (χ1) is 7.84. The number of aliphatic carboxylic acids is 2. The highest BCUT2D eigenvalue weighted by molar-refractivity contribution is 6.31. The molecule has 1 atom stereocenters. The second-order valence-corrected chi connectivity index (χ2v) is 3.12. The smallest absolute Gasteiger partial charge is 0.394 e. The lowest BCUT2D eigenvalue weighted by Crippen LogP contribution is -2.44. The van der Waals surface area contributed by atoms with Crippen LogP contribution >= 0.6 is 0 Å². The topological polar surface area (TPSA) is 168 Å². The van der Waals surface area contributed by atoms with Crippen molar-refractivity contribution in [3.8, 4) is 0 Å². The van der Waals surface area contributed by atoms with Crippen molar-refractivity contribution in [1.29, 1.82) is 0 Å². The molecule has 17 heavy (non-hydrogen) atoms. The largest absolute Gasteiger partial charge is 0.480 e. The van der Waals surface area contributed by atoms with Crippen molar-refractivity contribution < 1.29 is 24.6 Å². The van der Waals surface area contributed by atoms with Crippen LogP contribution in [0, 0.1) is 0 Å². The summed E-state index contributed by atoms with van der Waals surface area (Å²) in [5.74, 6) is -4.53. The van der Waals surface area contributed by atoms with E-state index in [9.17, 15) is 14.4 Å². The number of rotatable bonds is 6. The second-order valence-electron chi connectivity index (χ2n) is 3.12. The number of carbonyl (C=O) groups is 3. The van der Waals surface area contributed by atoms with Gasteiger partial charge in [-0.2, -0.15) is 0 Å². The number of carboxylic acid groups (broad SMARTS) is 2. The molecule has 0 saturated heterocycles. The summed E-state index contributed by atoms with van der Waals surface area (Å²) in [5.41, 5.74) is 10.1. The van der Waals surface area contributed by atoms with Crippen LogP contribution in [0.4, 0.5) is 0 Å². The predicted octanol–water partition coefficient (Wildman–Crippen LogP) is -2.31. The molecule has 0 unspecified atom stereocenters. The van der Waals surface area contributed by atoms with Gasteiger partial charge in [-0.1, -0.05) is 0 Å². The number of guanidine groups is 1. The number of nitrogens with one attached hydrogen (secondary N) is 1. The van der Waals surface area contributed by atoms with E-state index in [4.69, 9.17) is 21.7 Å². The Labute approximate surface area is 96.5 Å². The Kier molecular flexibility index (Phi) is 6.08. The molecule has 7 N–H and O–H groups in total. The van der Waals surface area contributed by atoms with Crippen LogP contribution in [0.3, 0.4) is 0 Å². The van der Waals surface area contributed by atoms with E-state index in [0.717, 1.165) is 0 Å². The molecule has 0 aromatic carbocycles. The van der Waals surface area contributed by atoms with Gasteiger partial charge in [0.25, 0.3) is 0 Å². The van der Waals surface area contributed by atoms with Gasteiger partial charge in [-0.3, -0.25) is 9.79 Å². The van der Waals surface area contributed by atoms with Crippen LogP contribution in [0.15, 0.2) is 4.99 Å². The van der Waals surface area contributed by atoms with Gasteiger partial charge in [0.1, 0.15) is 6.04 Å². The molecule has 9 nitrogen and oxygen atoms in total. The van der Waals surface area contributed by atoms with Gasteiger partial charge in [-0.15, -0.1) is 0 Å². The van der Waals surface area contributed by atoms with Crippen LogP contribution in [0.25, 0.3) is 0 Å². The Morgan fingerprint density at radius 2 is 1.82 bits per heavy atom. The highest BCUT2D eigenvalue weighted by Crippen LogP contribution is 1.98. The Hall–Kier alpha value is -2.32. The van der Waals surface area contributed by atoms with Gasteiger partial charge >= 0.3 is 17.8 Å². The van der Waals surface area contributed by atoms with Crippen molar-refractivity contribution in [3.05, 3.63) is 0 Å². The van der Waals surface area contributed by atoms with Crippen LogP contribution in [-0.4, -0.2) is 46.6 Å². The molecular weight excluding hydrogens is 232 g/mol.